The number of nitrogens with two attached hydrogens (primary N) is 2. The average molecular weight is 226 g/mol. The van der Waals surface area contributed by atoms with E-state index in [-0.39, 0.29) is 0 Å². The highest BCUT2D eigenvalue weighted by Gasteiger charge is 2.01. The van der Waals surface area contributed by atoms with Crippen LogP contribution >= 0.6 is 0 Å². The van der Waals surface area contributed by atoms with Crippen molar-refractivity contribution in [1.82, 2.24) is 0 Å². The lowest BCUT2D eigenvalue weighted by Crippen LogP contribution is -1.96. The Kier molecular flexibility index (Phi) is 3.33. The van der Waals surface area contributed by atoms with E-state index >= 15 is 0 Å². The predicted molar refractivity (Wildman–Crippen MR) is 73.9 cm³/mol. The first-order valence-electron chi connectivity index (χ1n) is 5.90. The number of nitrogen functional groups attached to an aromatic ring is 2. The van der Waals surface area contributed by atoms with Crippen LogP contribution in [0, 0.1) is 0 Å². The van der Waals surface area contributed by atoms with Crippen molar-refractivity contribution >= 4 is 11.4 Å². The molecule has 2 rings (SSSR count). The van der Waals surface area contributed by atoms with Crippen molar-refractivity contribution in [3.63, 3.8) is 0 Å². The van der Waals surface area contributed by atoms with Gasteiger partial charge in [-0.2, -0.15) is 0 Å². The highest BCUT2D eigenvalue weighted by Crippen LogP contribution is 2.18. The van der Waals surface area contributed by atoms with Crippen LogP contribution < -0.4 is 11.5 Å². The molecule has 0 aromatic heterocycles. The molecule has 0 aliphatic rings. The van der Waals surface area contributed by atoms with Gasteiger partial charge in [-0.3, -0.25) is 0 Å². The molecule has 0 radical (unpaired) electrons. The van der Waals surface area contributed by atoms with E-state index in [1.807, 2.05) is 18.2 Å². The van der Waals surface area contributed by atoms with Crippen molar-refractivity contribution < 1.29 is 0 Å². The van der Waals surface area contributed by atoms with Gasteiger partial charge in [-0.15, -0.1) is 0 Å². The Morgan fingerprint density at radius 2 is 1.53 bits per heavy atom. The van der Waals surface area contributed by atoms with Crippen LogP contribution in [-0.4, -0.2) is 0 Å². The molecule has 0 saturated carbocycles. The lowest BCUT2D eigenvalue weighted by Gasteiger charge is -2.07. The Morgan fingerprint density at radius 1 is 0.882 bits per heavy atom. The minimum absolute atomic E-state index is 0.806. The summed E-state index contributed by atoms with van der Waals surface area (Å²) >= 11 is 0. The SMILES string of the molecule is CCc1cc(Cc2ccc(N)cc2)ccc1N. The molecule has 2 aromatic carbocycles. The third-order valence-electron chi connectivity index (χ3n) is 2.98. The second-order valence-corrected chi connectivity index (χ2v) is 4.31. The maximum absolute atomic E-state index is 5.90. The van der Waals surface area contributed by atoms with Crippen LogP contribution in [0.25, 0.3) is 0 Å². The van der Waals surface area contributed by atoms with Crippen LogP contribution in [0.2, 0.25) is 0 Å². The van der Waals surface area contributed by atoms with E-state index in [0.717, 1.165) is 24.2 Å². The minimum Gasteiger partial charge on any atom is -0.399 e. The Hall–Kier alpha value is -1.96. The normalized spacial score (nSPS) is 10.4. The van der Waals surface area contributed by atoms with Gasteiger partial charge in [-0.25, -0.2) is 0 Å². The first kappa shape index (κ1) is 11.5. The molecule has 4 N–H and O–H groups in total. The molecule has 2 aromatic rings. The van der Waals surface area contributed by atoms with Gasteiger partial charge in [0.25, 0.3) is 0 Å². The van der Waals surface area contributed by atoms with Crippen LogP contribution in [0.4, 0.5) is 11.4 Å². The molecular weight excluding hydrogens is 208 g/mol. The monoisotopic (exact) mass is 226 g/mol. The molecule has 0 unspecified atom stereocenters. The van der Waals surface area contributed by atoms with E-state index < -0.39 is 0 Å². The van der Waals surface area contributed by atoms with Gasteiger partial charge in [-0.1, -0.05) is 31.2 Å². The first-order valence-corrected chi connectivity index (χ1v) is 5.90. The standard InChI is InChI=1S/C15H18N2/c1-2-13-10-12(5-8-15(13)17)9-11-3-6-14(16)7-4-11/h3-8,10H,2,9,16-17H2,1H3. The molecule has 0 aliphatic heterocycles. The zero-order chi connectivity index (χ0) is 12.3. The molecule has 0 atom stereocenters. The van der Waals surface area contributed by atoms with Gasteiger partial charge in [0.05, 0.1) is 0 Å². The Labute approximate surface area is 102 Å². The summed E-state index contributed by atoms with van der Waals surface area (Å²) in [6, 6.07) is 14.3. The first-order chi connectivity index (χ1) is 8.19. The number of anilines is 2. The smallest absolute Gasteiger partial charge is 0.0346 e. The number of benzene rings is 2. The zero-order valence-electron chi connectivity index (χ0n) is 10.1. The summed E-state index contributed by atoms with van der Waals surface area (Å²) in [4.78, 5) is 0. The number of rotatable bonds is 3. The summed E-state index contributed by atoms with van der Waals surface area (Å²) in [5.41, 5.74) is 17.0. The fourth-order valence-electron chi connectivity index (χ4n) is 1.95. The number of hydrogen-bond donors (Lipinski definition) is 2. The Balaban J connectivity index is 2.21. The van der Waals surface area contributed by atoms with Crippen molar-refractivity contribution in [2.24, 2.45) is 0 Å². The Bertz CT molecular complexity index is 501. The fraction of sp³-hybridized carbons (Fsp3) is 0.200. The highest BCUT2D eigenvalue weighted by atomic mass is 14.6. The molecule has 0 amide bonds. The van der Waals surface area contributed by atoms with Gasteiger partial charge in [-0.05, 0) is 47.7 Å². The molecule has 2 nitrogen and oxygen atoms in total. The number of hydrogen-bond acceptors (Lipinski definition) is 2. The summed E-state index contributed by atoms with van der Waals surface area (Å²) in [6.07, 6.45) is 1.90. The van der Waals surface area contributed by atoms with Gasteiger partial charge in [0, 0.05) is 11.4 Å². The molecular formula is C15H18N2. The van der Waals surface area contributed by atoms with Gasteiger partial charge in [0.2, 0.25) is 0 Å². The van der Waals surface area contributed by atoms with E-state index in [2.05, 4.69) is 31.2 Å². The summed E-state index contributed by atoms with van der Waals surface area (Å²) in [5.74, 6) is 0. The van der Waals surface area contributed by atoms with E-state index in [1.165, 1.54) is 16.7 Å². The third-order valence-corrected chi connectivity index (χ3v) is 2.98. The predicted octanol–water partition coefficient (Wildman–Crippen LogP) is 3.00. The second kappa shape index (κ2) is 4.91. The Morgan fingerprint density at radius 3 is 2.18 bits per heavy atom. The van der Waals surface area contributed by atoms with Crippen LogP contribution in [0.5, 0.6) is 0 Å². The third kappa shape index (κ3) is 2.78. The summed E-state index contributed by atoms with van der Waals surface area (Å²) in [5, 5.41) is 0. The van der Waals surface area contributed by atoms with Crippen molar-refractivity contribution in [3.05, 3.63) is 59.2 Å². The van der Waals surface area contributed by atoms with E-state index in [4.69, 9.17) is 11.5 Å². The lowest BCUT2D eigenvalue weighted by molar-refractivity contribution is 1.11. The molecule has 0 bridgehead atoms. The molecule has 0 aliphatic carbocycles. The van der Waals surface area contributed by atoms with E-state index in [9.17, 15) is 0 Å². The van der Waals surface area contributed by atoms with Crippen LogP contribution in [-0.2, 0) is 12.8 Å². The minimum atomic E-state index is 0.806. The molecule has 17 heavy (non-hydrogen) atoms. The average Bonchev–Trinajstić information content (AvgIpc) is 2.34. The second-order valence-electron chi connectivity index (χ2n) is 4.31. The number of aryl methyl sites for hydroxylation is 1. The fourth-order valence-corrected chi connectivity index (χ4v) is 1.95. The molecule has 2 heteroatoms. The maximum Gasteiger partial charge on any atom is 0.0346 e. The van der Waals surface area contributed by atoms with Crippen LogP contribution in [0.3, 0.4) is 0 Å². The lowest BCUT2D eigenvalue weighted by atomic mass is 10.0. The van der Waals surface area contributed by atoms with Crippen molar-refractivity contribution in [3.8, 4) is 0 Å². The van der Waals surface area contributed by atoms with Gasteiger partial charge < -0.3 is 11.5 Å². The largest absolute Gasteiger partial charge is 0.399 e. The van der Waals surface area contributed by atoms with Crippen molar-refractivity contribution in [2.45, 2.75) is 19.8 Å². The van der Waals surface area contributed by atoms with Crippen molar-refractivity contribution in [1.29, 1.82) is 0 Å². The van der Waals surface area contributed by atoms with Crippen LogP contribution in [0.1, 0.15) is 23.6 Å². The molecule has 0 fully saturated rings. The van der Waals surface area contributed by atoms with Gasteiger partial charge in [0.1, 0.15) is 0 Å². The summed E-state index contributed by atoms with van der Waals surface area (Å²) in [6.45, 7) is 2.12. The van der Waals surface area contributed by atoms with Crippen molar-refractivity contribution in [2.75, 3.05) is 11.5 Å². The van der Waals surface area contributed by atoms with E-state index in [0.29, 0.717) is 0 Å². The maximum atomic E-state index is 5.90. The molecule has 0 heterocycles. The summed E-state index contributed by atoms with van der Waals surface area (Å²) < 4.78 is 0. The zero-order valence-corrected chi connectivity index (χ0v) is 10.1. The summed E-state index contributed by atoms with van der Waals surface area (Å²) in [7, 11) is 0. The van der Waals surface area contributed by atoms with Crippen LogP contribution in [0.15, 0.2) is 42.5 Å². The van der Waals surface area contributed by atoms with E-state index in [1.54, 1.807) is 0 Å². The topological polar surface area (TPSA) is 52.0 Å². The molecule has 88 valence electrons. The molecule has 0 saturated heterocycles. The quantitative estimate of drug-likeness (QED) is 0.790. The highest BCUT2D eigenvalue weighted by molar-refractivity contribution is 5.49. The molecule has 0 spiro atoms. The van der Waals surface area contributed by atoms with Gasteiger partial charge in [0.15, 0.2) is 0 Å². The van der Waals surface area contributed by atoms with Gasteiger partial charge >= 0.3 is 0 Å².